The van der Waals surface area contributed by atoms with Crippen LogP contribution in [0.25, 0.3) is 0 Å². The third kappa shape index (κ3) is 31.4. The number of nitrogens with zero attached hydrogens (tertiary/aromatic N) is 1. The van der Waals surface area contributed by atoms with Crippen molar-refractivity contribution in [3.63, 3.8) is 0 Å². The molecule has 272 valence electrons. The van der Waals surface area contributed by atoms with E-state index in [4.69, 9.17) is 4.74 Å². The van der Waals surface area contributed by atoms with Gasteiger partial charge in [-0.2, -0.15) is 0 Å². The molecule has 0 aliphatic carbocycles. The zero-order valence-electron chi connectivity index (χ0n) is 32.1. The maximum absolute atomic E-state index is 12.7. The highest BCUT2D eigenvalue weighted by molar-refractivity contribution is 5.78. The Kier molecular flexibility index (Phi) is 29.1. The van der Waals surface area contributed by atoms with Gasteiger partial charge in [0.15, 0.2) is 0 Å². The summed E-state index contributed by atoms with van der Waals surface area (Å²) in [6, 6.07) is 0. The Bertz CT molecular complexity index is 699. The van der Waals surface area contributed by atoms with E-state index < -0.39 is 0 Å². The van der Waals surface area contributed by atoms with E-state index in [0.29, 0.717) is 48.8 Å². The molecule has 0 bridgehead atoms. The van der Waals surface area contributed by atoms with Gasteiger partial charge in [-0.25, -0.2) is 0 Å². The highest BCUT2D eigenvalue weighted by atomic mass is 16.5. The molecule has 0 saturated carbocycles. The smallest absolute Gasteiger partial charge is 0.306 e. The first-order chi connectivity index (χ1) is 21.9. The average molecular weight is 650 g/mol. The van der Waals surface area contributed by atoms with Crippen molar-refractivity contribution >= 4 is 17.5 Å². The van der Waals surface area contributed by atoms with Crippen LogP contribution in [0.15, 0.2) is 0 Å². The minimum absolute atomic E-state index is 0.0430. The largest absolute Gasteiger partial charge is 0.466 e. The van der Waals surface area contributed by atoms with E-state index in [9.17, 15) is 14.4 Å². The fraction of sp³-hybridized carbons (Fsp3) is 0.927. The lowest BCUT2D eigenvalue weighted by molar-refractivity contribution is -0.144. The summed E-state index contributed by atoms with van der Waals surface area (Å²) in [5, 5.41) is 0. The summed E-state index contributed by atoms with van der Waals surface area (Å²) in [6.07, 6.45) is 23.9. The zero-order valence-corrected chi connectivity index (χ0v) is 32.1. The van der Waals surface area contributed by atoms with Gasteiger partial charge >= 0.3 is 5.97 Å². The summed E-state index contributed by atoms with van der Waals surface area (Å²) in [7, 11) is 4.13. The van der Waals surface area contributed by atoms with Gasteiger partial charge < -0.3 is 9.64 Å². The number of hydrogen-bond acceptors (Lipinski definition) is 5. The average Bonchev–Trinajstić information content (AvgIpc) is 2.95. The number of carbonyl (C=O) groups is 3. The minimum Gasteiger partial charge on any atom is -0.466 e. The van der Waals surface area contributed by atoms with Gasteiger partial charge in [-0.3, -0.25) is 14.4 Å². The summed E-state index contributed by atoms with van der Waals surface area (Å²) < 4.78 is 5.51. The van der Waals surface area contributed by atoms with Crippen molar-refractivity contribution in [1.29, 1.82) is 0 Å². The molecule has 0 fully saturated rings. The van der Waals surface area contributed by atoms with E-state index in [1.54, 1.807) is 0 Å². The molecule has 0 aliphatic heterocycles. The molecule has 0 aromatic heterocycles. The van der Waals surface area contributed by atoms with Crippen LogP contribution in [0.2, 0.25) is 0 Å². The summed E-state index contributed by atoms with van der Waals surface area (Å²) >= 11 is 0. The zero-order chi connectivity index (χ0) is 34.6. The quantitative estimate of drug-likeness (QED) is 0.0523. The number of ketones is 2. The molecule has 0 spiro atoms. The first-order valence-corrected chi connectivity index (χ1v) is 19.7. The highest BCUT2D eigenvalue weighted by Crippen LogP contribution is 2.24. The fourth-order valence-corrected chi connectivity index (χ4v) is 6.51. The van der Waals surface area contributed by atoms with Crippen LogP contribution in [-0.2, 0) is 19.1 Å². The number of Topliss-reactive ketones (excluding diaryl/α,β-unsaturated/α-hetero) is 2. The van der Waals surface area contributed by atoms with E-state index in [0.717, 1.165) is 102 Å². The molecule has 0 radical (unpaired) electrons. The molecule has 0 heterocycles. The summed E-state index contributed by atoms with van der Waals surface area (Å²) in [6.45, 7) is 14.9. The van der Waals surface area contributed by atoms with Gasteiger partial charge in [-0.05, 0) is 69.5 Å². The molecule has 46 heavy (non-hydrogen) atoms. The molecule has 0 rings (SSSR count). The normalized spacial score (nSPS) is 13.8. The Hall–Kier alpha value is -1.23. The van der Waals surface area contributed by atoms with Crippen LogP contribution >= 0.6 is 0 Å². The van der Waals surface area contributed by atoms with Gasteiger partial charge in [-0.15, -0.1) is 0 Å². The van der Waals surface area contributed by atoms with Gasteiger partial charge in [0.1, 0.15) is 11.6 Å². The monoisotopic (exact) mass is 650 g/mol. The lowest BCUT2D eigenvalue weighted by Crippen LogP contribution is -2.15. The Labute approximate surface area is 287 Å². The first kappa shape index (κ1) is 44.8. The van der Waals surface area contributed by atoms with E-state index in [1.165, 1.54) is 51.4 Å². The van der Waals surface area contributed by atoms with Gasteiger partial charge in [0.25, 0.3) is 0 Å². The molecule has 5 nitrogen and oxygen atoms in total. The van der Waals surface area contributed by atoms with Crippen molar-refractivity contribution in [1.82, 2.24) is 4.90 Å². The highest BCUT2D eigenvalue weighted by Gasteiger charge is 2.15. The topological polar surface area (TPSA) is 63.7 Å². The Morgan fingerprint density at radius 2 is 0.978 bits per heavy atom. The van der Waals surface area contributed by atoms with Crippen LogP contribution in [0.1, 0.15) is 189 Å². The predicted molar refractivity (Wildman–Crippen MR) is 197 cm³/mol. The van der Waals surface area contributed by atoms with Gasteiger partial charge in [0.2, 0.25) is 0 Å². The van der Waals surface area contributed by atoms with Crippen LogP contribution in [0, 0.1) is 29.6 Å². The van der Waals surface area contributed by atoms with Gasteiger partial charge in [0.05, 0.1) is 6.61 Å². The molecular weight excluding hydrogens is 570 g/mol. The van der Waals surface area contributed by atoms with Crippen LogP contribution in [-0.4, -0.2) is 49.7 Å². The molecule has 0 aliphatic rings. The van der Waals surface area contributed by atoms with Crippen molar-refractivity contribution in [2.75, 3.05) is 27.2 Å². The van der Waals surface area contributed by atoms with Crippen LogP contribution in [0.3, 0.4) is 0 Å². The lowest BCUT2D eigenvalue weighted by Gasteiger charge is -2.17. The molecule has 3 atom stereocenters. The van der Waals surface area contributed by atoms with Crippen LogP contribution < -0.4 is 0 Å². The number of ether oxygens (including phenoxy) is 1. The van der Waals surface area contributed by atoms with Gasteiger partial charge in [0, 0.05) is 32.1 Å². The second kappa shape index (κ2) is 29.9. The SMILES string of the molecule is CC(C)CCCC(C)CC(=O)CCCCCCCC(CCCCCCOC(=O)CC(C)CCCC(C)C)CC(=O)CCCN(C)C. The van der Waals surface area contributed by atoms with Crippen LogP contribution in [0.5, 0.6) is 0 Å². The number of rotatable bonds is 33. The van der Waals surface area contributed by atoms with Crippen molar-refractivity contribution in [3.8, 4) is 0 Å². The number of esters is 1. The molecule has 0 aromatic carbocycles. The predicted octanol–water partition coefficient (Wildman–Crippen LogP) is 11.4. The molecule has 0 amide bonds. The van der Waals surface area contributed by atoms with E-state index in [-0.39, 0.29) is 5.97 Å². The van der Waals surface area contributed by atoms with Crippen molar-refractivity contribution < 1.29 is 19.1 Å². The maximum atomic E-state index is 12.7. The molecular formula is C41H79NO4. The maximum Gasteiger partial charge on any atom is 0.306 e. The van der Waals surface area contributed by atoms with E-state index in [2.05, 4.69) is 60.5 Å². The van der Waals surface area contributed by atoms with E-state index in [1.807, 2.05) is 0 Å². The number of unbranched alkanes of at least 4 members (excludes halogenated alkanes) is 7. The summed E-state index contributed by atoms with van der Waals surface area (Å²) in [5.41, 5.74) is 0. The third-order valence-electron chi connectivity index (χ3n) is 9.46. The summed E-state index contributed by atoms with van der Waals surface area (Å²) in [4.78, 5) is 39.5. The summed E-state index contributed by atoms with van der Waals surface area (Å²) in [5.74, 6) is 3.72. The molecule has 3 unspecified atom stereocenters. The number of carbonyl (C=O) groups excluding carboxylic acids is 3. The van der Waals surface area contributed by atoms with Crippen molar-refractivity contribution in [3.05, 3.63) is 0 Å². The standard InChI is InChI=1S/C41H79NO4/c1-34(2)21-18-23-36(5)31-39(43)27-16-11-9-10-14-25-38(33-40(44)28-20-29-42(7)8)26-15-12-13-17-30-46-41(45)32-37(6)24-19-22-35(3)4/h34-38H,9-33H2,1-8H3. The van der Waals surface area contributed by atoms with Crippen LogP contribution in [0.4, 0.5) is 0 Å². The van der Waals surface area contributed by atoms with E-state index >= 15 is 0 Å². The second-order valence-electron chi connectivity index (χ2n) is 16.1. The Morgan fingerprint density at radius 1 is 0.500 bits per heavy atom. The third-order valence-corrected chi connectivity index (χ3v) is 9.46. The molecule has 0 saturated heterocycles. The minimum atomic E-state index is -0.0430. The first-order valence-electron chi connectivity index (χ1n) is 19.7. The van der Waals surface area contributed by atoms with Crippen molar-refractivity contribution in [2.45, 2.75) is 189 Å². The Balaban J connectivity index is 4.23. The number of hydrogen-bond donors (Lipinski definition) is 0. The molecule has 0 aromatic rings. The van der Waals surface area contributed by atoms with Gasteiger partial charge in [-0.1, -0.05) is 138 Å². The second-order valence-corrected chi connectivity index (χ2v) is 16.1. The lowest BCUT2D eigenvalue weighted by atomic mass is 9.89. The van der Waals surface area contributed by atoms with Crippen molar-refractivity contribution in [2.24, 2.45) is 29.6 Å². The fourth-order valence-electron chi connectivity index (χ4n) is 6.51. The molecule has 0 N–H and O–H groups in total. The molecule has 5 heteroatoms. The Morgan fingerprint density at radius 3 is 1.54 bits per heavy atom.